The van der Waals surface area contributed by atoms with E-state index in [9.17, 15) is 0 Å². The summed E-state index contributed by atoms with van der Waals surface area (Å²) in [5.74, 6) is 1.27. The summed E-state index contributed by atoms with van der Waals surface area (Å²) >= 11 is 2.00. The van der Waals surface area contributed by atoms with Gasteiger partial charge in [0.2, 0.25) is 0 Å². The molecule has 70 valence electrons. The van der Waals surface area contributed by atoms with Crippen molar-refractivity contribution in [3.63, 3.8) is 0 Å². The second-order valence-corrected chi connectivity index (χ2v) is 5.77. The van der Waals surface area contributed by atoms with E-state index in [1.165, 1.54) is 22.6 Å². The summed E-state index contributed by atoms with van der Waals surface area (Å²) in [7, 11) is 0. The zero-order valence-corrected chi connectivity index (χ0v) is 9.37. The molecule has 0 atom stereocenters. The van der Waals surface area contributed by atoms with Gasteiger partial charge in [-0.05, 0) is 29.0 Å². The normalized spacial score (nSPS) is 15.9. The summed E-state index contributed by atoms with van der Waals surface area (Å²) < 4.78 is 0. The number of hydrogen-bond acceptors (Lipinski definition) is 1. The first kappa shape index (κ1) is 9.14. The van der Waals surface area contributed by atoms with Crippen LogP contribution in [-0.2, 0) is 11.8 Å². The fourth-order valence-electron chi connectivity index (χ4n) is 1.92. The SMILES string of the molecule is CC(C)(C)c1cccc2c1CCS2. The Morgan fingerprint density at radius 3 is 2.69 bits per heavy atom. The maximum Gasteiger partial charge on any atom is 0.0107 e. The van der Waals surface area contributed by atoms with E-state index in [1.807, 2.05) is 11.8 Å². The fourth-order valence-corrected chi connectivity index (χ4v) is 3.01. The lowest BCUT2D eigenvalue weighted by atomic mass is 9.83. The van der Waals surface area contributed by atoms with E-state index >= 15 is 0 Å². The van der Waals surface area contributed by atoms with Crippen LogP contribution in [-0.4, -0.2) is 5.75 Å². The number of hydrogen-bond donors (Lipinski definition) is 0. The maximum atomic E-state index is 2.30. The minimum Gasteiger partial charge on any atom is -0.126 e. The van der Waals surface area contributed by atoms with Gasteiger partial charge in [-0.15, -0.1) is 11.8 Å². The van der Waals surface area contributed by atoms with Gasteiger partial charge in [0.1, 0.15) is 0 Å². The van der Waals surface area contributed by atoms with E-state index < -0.39 is 0 Å². The summed E-state index contributed by atoms with van der Waals surface area (Å²) in [6, 6.07) is 6.73. The molecule has 0 nitrogen and oxygen atoms in total. The van der Waals surface area contributed by atoms with Crippen LogP contribution >= 0.6 is 11.8 Å². The monoisotopic (exact) mass is 192 g/mol. The minimum absolute atomic E-state index is 0.302. The van der Waals surface area contributed by atoms with Crippen LogP contribution in [0.1, 0.15) is 31.9 Å². The molecule has 0 N–H and O–H groups in total. The molecule has 0 amide bonds. The Hall–Kier alpha value is -0.430. The largest absolute Gasteiger partial charge is 0.126 e. The third kappa shape index (κ3) is 1.62. The molecule has 13 heavy (non-hydrogen) atoms. The van der Waals surface area contributed by atoms with E-state index in [0.29, 0.717) is 5.41 Å². The van der Waals surface area contributed by atoms with Crippen LogP contribution < -0.4 is 0 Å². The van der Waals surface area contributed by atoms with E-state index in [-0.39, 0.29) is 0 Å². The second kappa shape index (κ2) is 3.06. The van der Waals surface area contributed by atoms with Crippen LogP contribution in [0.15, 0.2) is 23.1 Å². The van der Waals surface area contributed by atoms with Crippen molar-refractivity contribution < 1.29 is 0 Å². The molecule has 0 radical (unpaired) electrons. The molecular weight excluding hydrogens is 176 g/mol. The Morgan fingerprint density at radius 1 is 1.23 bits per heavy atom. The van der Waals surface area contributed by atoms with Gasteiger partial charge in [0, 0.05) is 10.6 Å². The molecule has 0 fully saturated rings. The predicted molar refractivity (Wildman–Crippen MR) is 59.6 cm³/mol. The summed E-state index contributed by atoms with van der Waals surface area (Å²) in [5, 5.41) is 0. The highest BCUT2D eigenvalue weighted by molar-refractivity contribution is 7.99. The van der Waals surface area contributed by atoms with Gasteiger partial charge >= 0.3 is 0 Å². The summed E-state index contributed by atoms with van der Waals surface area (Å²) in [6.07, 6.45) is 1.26. The highest BCUT2D eigenvalue weighted by atomic mass is 32.2. The van der Waals surface area contributed by atoms with Crippen LogP contribution in [0.3, 0.4) is 0 Å². The van der Waals surface area contributed by atoms with Crippen molar-refractivity contribution >= 4 is 11.8 Å². The Kier molecular flexibility index (Phi) is 2.15. The second-order valence-electron chi connectivity index (χ2n) is 4.63. The molecule has 0 saturated heterocycles. The molecular formula is C12H16S. The van der Waals surface area contributed by atoms with Gasteiger partial charge < -0.3 is 0 Å². The minimum atomic E-state index is 0.302. The molecule has 1 aliphatic heterocycles. The van der Waals surface area contributed by atoms with Crippen LogP contribution in [0.5, 0.6) is 0 Å². The Balaban J connectivity index is 2.54. The summed E-state index contributed by atoms with van der Waals surface area (Å²) in [4.78, 5) is 1.51. The number of rotatable bonds is 0. The fraction of sp³-hybridized carbons (Fsp3) is 0.500. The molecule has 1 heteroatoms. The summed E-state index contributed by atoms with van der Waals surface area (Å²) in [6.45, 7) is 6.89. The highest BCUT2D eigenvalue weighted by Crippen LogP contribution is 2.37. The Bertz CT molecular complexity index is 320. The standard InChI is InChI=1S/C12H16S/c1-12(2,3)10-5-4-6-11-9(10)7-8-13-11/h4-6H,7-8H2,1-3H3. The van der Waals surface area contributed by atoms with E-state index in [0.717, 1.165) is 0 Å². The van der Waals surface area contributed by atoms with Crippen molar-refractivity contribution in [2.75, 3.05) is 5.75 Å². The first-order valence-electron chi connectivity index (χ1n) is 4.84. The van der Waals surface area contributed by atoms with Crippen molar-refractivity contribution in [2.45, 2.75) is 37.5 Å². The summed E-state index contributed by atoms with van der Waals surface area (Å²) in [5.41, 5.74) is 3.44. The van der Waals surface area contributed by atoms with Crippen LogP contribution in [0.25, 0.3) is 0 Å². The van der Waals surface area contributed by atoms with Gasteiger partial charge in [-0.3, -0.25) is 0 Å². The molecule has 0 aliphatic carbocycles. The van der Waals surface area contributed by atoms with E-state index in [4.69, 9.17) is 0 Å². The highest BCUT2D eigenvalue weighted by Gasteiger charge is 2.22. The zero-order valence-electron chi connectivity index (χ0n) is 8.55. The van der Waals surface area contributed by atoms with Crippen LogP contribution in [0.4, 0.5) is 0 Å². The molecule has 1 aromatic rings. The molecule has 0 saturated carbocycles. The molecule has 2 rings (SSSR count). The third-order valence-electron chi connectivity index (χ3n) is 2.55. The molecule has 0 spiro atoms. The first-order chi connectivity index (χ1) is 6.09. The Labute approximate surface area is 84.7 Å². The van der Waals surface area contributed by atoms with Gasteiger partial charge in [0.05, 0.1) is 0 Å². The van der Waals surface area contributed by atoms with Crippen molar-refractivity contribution in [2.24, 2.45) is 0 Å². The van der Waals surface area contributed by atoms with Crippen molar-refractivity contribution in [3.8, 4) is 0 Å². The molecule has 0 unspecified atom stereocenters. The lowest BCUT2D eigenvalue weighted by molar-refractivity contribution is 0.582. The average Bonchev–Trinajstić information content (AvgIpc) is 2.48. The lowest BCUT2D eigenvalue weighted by Crippen LogP contribution is -2.13. The van der Waals surface area contributed by atoms with Crippen LogP contribution in [0.2, 0.25) is 0 Å². The van der Waals surface area contributed by atoms with Crippen molar-refractivity contribution in [1.82, 2.24) is 0 Å². The zero-order chi connectivity index (χ0) is 9.47. The Morgan fingerprint density at radius 2 is 2.00 bits per heavy atom. The first-order valence-corrected chi connectivity index (χ1v) is 5.83. The molecule has 1 aliphatic rings. The van der Waals surface area contributed by atoms with Crippen LogP contribution in [0, 0.1) is 0 Å². The number of benzene rings is 1. The van der Waals surface area contributed by atoms with E-state index in [2.05, 4.69) is 39.0 Å². The smallest absolute Gasteiger partial charge is 0.0107 e. The quantitative estimate of drug-likeness (QED) is 0.605. The van der Waals surface area contributed by atoms with Gasteiger partial charge in [-0.2, -0.15) is 0 Å². The van der Waals surface area contributed by atoms with Gasteiger partial charge in [0.15, 0.2) is 0 Å². The van der Waals surface area contributed by atoms with E-state index in [1.54, 1.807) is 5.56 Å². The van der Waals surface area contributed by atoms with Crippen molar-refractivity contribution in [1.29, 1.82) is 0 Å². The molecule has 0 bridgehead atoms. The topological polar surface area (TPSA) is 0 Å². The third-order valence-corrected chi connectivity index (χ3v) is 3.65. The van der Waals surface area contributed by atoms with Gasteiger partial charge in [-0.1, -0.05) is 32.9 Å². The molecule has 1 heterocycles. The van der Waals surface area contributed by atoms with Gasteiger partial charge in [-0.25, -0.2) is 0 Å². The number of thioether (sulfide) groups is 1. The molecule has 1 aromatic carbocycles. The molecule has 0 aromatic heterocycles. The van der Waals surface area contributed by atoms with Gasteiger partial charge in [0.25, 0.3) is 0 Å². The number of fused-ring (bicyclic) bond motifs is 1. The average molecular weight is 192 g/mol. The van der Waals surface area contributed by atoms with Crippen molar-refractivity contribution in [3.05, 3.63) is 29.3 Å². The predicted octanol–water partition coefficient (Wildman–Crippen LogP) is 3.63. The maximum absolute atomic E-state index is 2.30. The lowest BCUT2D eigenvalue weighted by Gasteiger charge is -2.22.